The second kappa shape index (κ2) is 5.36. The highest BCUT2D eigenvalue weighted by molar-refractivity contribution is 5.77. The first kappa shape index (κ1) is 10.7. The summed E-state index contributed by atoms with van der Waals surface area (Å²) in [7, 11) is 0. The molecule has 0 saturated carbocycles. The molecular formula is C10H14N2O2. The van der Waals surface area contributed by atoms with Crippen molar-refractivity contribution < 1.29 is 9.90 Å². The number of hydrogen-bond acceptors (Lipinski definition) is 3. The maximum atomic E-state index is 10.8. The number of nitrogens with two attached hydrogens (primary N) is 1. The van der Waals surface area contributed by atoms with E-state index in [2.05, 4.69) is 5.32 Å². The van der Waals surface area contributed by atoms with Gasteiger partial charge in [0.05, 0.1) is 12.6 Å². The molecular weight excluding hydrogens is 180 g/mol. The van der Waals surface area contributed by atoms with Gasteiger partial charge in [0.25, 0.3) is 0 Å². The largest absolute Gasteiger partial charge is 0.387 e. The van der Waals surface area contributed by atoms with Crippen molar-refractivity contribution in [3.63, 3.8) is 0 Å². The van der Waals surface area contributed by atoms with Crippen molar-refractivity contribution in [2.24, 2.45) is 5.73 Å². The van der Waals surface area contributed by atoms with Crippen LogP contribution in [0.1, 0.15) is 11.7 Å². The summed E-state index contributed by atoms with van der Waals surface area (Å²) in [6.07, 6.45) is -0.674. The molecule has 0 aromatic heterocycles. The lowest BCUT2D eigenvalue weighted by atomic mass is 10.1. The highest BCUT2D eigenvalue weighted by Crippen LogP contribution is 2.09. The number of aliphatic hydroxyl groups is 1. The fourth-order valence-corrected chi connectivity index (χ4v) is 1.08. The number of nitrogens with one attached hydrogen (secondary N) is 1. The first-order chi connectivity index (χ1) is 6.74. The van der Waals surface area contributed by atoms with Crippen molar-refractivity contribution in [2.45, 2.75) is 6.10 Å². The van der Waals surface area contributed by atoms with Gasteiger partial charge in [-0.1, -0.05) is 30.3 Å². The Hall–Kier alpha value is -1.39. The third kappa shape index (κ3) is 3.16. The van der Waals surface area contributed by atoms with Gasteiger partial charge in [-0.25, -0.2) is 0 Å². The summed E-state index contributed by atoms with van der Waals surface area (Å²) < 4.78 is 0. The summed E-state index contributed by atoms with van der Waals surface area (Å²) in [5.74, 6) is -0.264. The van der Waals surface area contributed by atoms with Crippen molar-refractivity contribution in [1.29, 1.82) is 0 Å². The zero-order valence-electron chi connectivity index (χ0n) is 7.81. The maximum Gasteiger partial charge on any atom is 0.233 e. The van der Waals surface area contributed by atoms with Crippen LogP contribution in [0.2, 0.25) is 0 Å². The van der Waals surface area contributed by atoms with Gasteiger partial charge in [0.2, 0.25) is 5.91 Å². The molecule has 4 N–H and O–H groups in total. The Balaban J connectivity index is 2.43. The first-order valence-corrected chi connectivity index (χ1v) is 4.44. The topological polar surface area (TPSA) is 75.4 Å². The molecule has 0 aliphatic heterocycles. The average molecular weight is 194 g/mol. The summed E-state index contributed by atoms with van der Waals surface area (Å²) in [5.41, 5.74) is 5.89. The first-order valence-electron chi connectivity index (χ1n) is 4.44. The molecule has 0 radical (unpaired) electrons. The molecule has 1 aromatic rings. The number of hydrogen-bond donors (Lipinski definition) is 3. The molecule has 1 amide bonds. The zero-order valence-corrected chi connectivity index (χ0v) is 7.81. The van der Waals surface area contributed by atoms with Crippen molar-refractivity contribution in [1.82, 2.24) is 5.32 Å². The van der Waals surface area contributed by atoms with Crippen LogP contribution in [0.25, 0.3) is 0 Å². The molecule has 0 aliphatic carbocycles. The second-order valence-electron chi connectivity index (χ2n) is 2.93. The minimum atomic E-state index is -0.674. The fraction of sp³-hybridized carbons (Fsp3) is 0.300. The van der Waals surface area contributed by atoms with Gasteiger partial charge in [-0.2, -0.15) is 0 Å². The molecule has 14 heavy (non-hydrogen) atoms. The normalized spacial score (nSPS) is 12.1. The van der Waals surface area contributed by atoms with Crippen LogP contribution in [0, 0.1) is 0 Å². The Labute approximate surface area is 82.7 Å². The van der Waals surface area contributed by atoms with Crippen LogP contribution >= 0.6 is 0 Å². The molecule has 76 valence electrons. The van der Waals surface area contributed by atoms with Gasteiger partial charge in [0.15, 0.2) is 0 Å². The molecule has 1 unspecified atom stereocenters. The Kier molecular flexibility index (Phi) is 4.10. The van der Waals surface area contributed by atoms with Crippen LogP contribution in [-0.4, -0.2) is 24.1 Å². The van der Waals surface area contributed by atoms with E-state index in [1.807, 2.05) is 18.2 Å². The highest BCUT2D eigenvalue weighted by atomic mass is 16.3. The molecule has 4 nitrogen and oxygen atoms in total. The van der Waals surface area contributed by atoms with Crippen LogP contribution in [0.3, 0.4) is 0 Å². The van der Waals surface area contributed by atoms with Crippen LogP contribution in [-0.2, 0) is 4.79 Å². The third-order valence-electron chi connectivity index (χ3n) is 1.86. The Bertz CT molecular complexity index is 287. The Morgan fingerprint density at radius 2 is 2.07 bits per heavy atom. The van der Waals surface area contributed by atoms with Crippen LogP contribution in [0.5, 0.6) is 0 Å². The van der Waals surface area contributed by atoms with Crippen molar-refractivity contribution in [3.8, 4) is 0 Å². The van der Waals surface area contributed by atoms with E-state index in [4.69, 9.17) is 5.73 Å². The van der Waals surface area contributed by atoms with Gasteiger partial charge in [-0.05, 0) is 5.56 Å². The van der Waals surface area contributed by atoms with E-state index >= 15 is 0 Å². The van der Waals surface area contributed by atoms with Gasteiger partial charge in [-0.15, -0.1) is 0 Å². The molecule has 1 rings (SSSR count). The highest BCUT2D eigenvalue weighted by Gasteiger charge is 2.07. The predicted octanol–water partition coefficient (Wildman–Crippen LogP) is -0.205. The summed E-state index contributed by atoms with van der Waals surface area (Å²) in [6, 6.07) is 9.15. The van der Waals surface area contributed by atoms with Gasteiger partial charge in [0, 0.05) is 6.54 Å². The van der Waals surface area contributed by atoms with Crippen LogP contribution in [0.4, 0.5) is 0 Å². The van der Waals surface area contributed by atoms with Gasteiger partial charge < -0.3 is 16.2 Å². The number of carbonyl (C=O) groups excluding carboxylic acids is 1. The zero-order chi connectivity index (χ0) is 10.4. The molecule has 0 fully saturated rings. The van der Waals surface area contributed by atoms with Crippen molar-refractivity contribution in [2.75, 3.05) is 13.1 Å². The second-order valence-corrected chi connectivity index (χ2v) is 2.93. The summed E-state index contributed by atoms with van der Waals surface area (Å²) >= 11 is 0. The van der Waals surface area contributed by atoms with Crippen LogP contribution < -0.4 is 11.1 Å². The molecule has 4 heteroatoms. The molecule has 0 saturated heterocycles. The van der Waals surface area contributed by atoms with E-state index < -0.39 is 6.10 Å². The lowest BCUT2D eigenvalue weighted by Gasteiger charge is -2.11. The lowest BCUT2D eigenvalue weighted by Crippen LogP contribution is -2.33. The monoisotopic (exact) mass is 194 g/mol. The van der Waals surface area contributed by atoms with Gasteiger partial charge >= 0.3 is 0 Å². The number of aliphatic hydroxyl groups excluding tert-OH is 1. The minimum Gasteiger partial charge on any atom is -0.387 e. The van der Waals surface area contributed by atoms with Crippen molar-refractivity contribution in [3.05, 3.63) is 35.9 Å². The maximum absolute atomic E-state index is 10.8. The number of carbonyl (C=O) groups is 1. The van der Waals surface area contributed by atoms with E-state index in [9.17, 15) is 9.90 Å². The van der Waals surface area contributed by atoms with E-state index in [0.717, 1.165) is 5.56 Å². The van der Waals surface area contributed by atoms with Gasteiger partial charge in [0.1, 0.15) is 0 Å². The van der Waals surface area contributed by atoms with Crippen LogP contribution in [0.15, 0.2) is 30.3 Å². The molecule has 0 heterocycles. The molecule has 1 atom stereocenters. The van der Waals surface area contributed by atoms with E-state index in [0.29, 0.717) is 0 Å². The minimum absolute atomic E-state index is 0.0541. The SMILES string of the molecule is NCC(=O)NCC(O)c1ccccc1. The summed E-state index contributed by atoms with van der Waals surface area (Å²) in [5, 5.41) is 12.1. The standard InChI is InChI=1S/C10H14N2O2/c11-6-10(14)12-7-9(13)8-4-2-1-3-5-8/h1-5,9,13H,6-7,11H2,(H,12,14). The number of rotatable bonds is 4. The Morgan fingerprint density at radius 1 is 1.43 bits per heavy atom. The quantitative estimate of drug-likeness (QED) is 0.621. The van der Waals surface area contributed by atoms with Gasteiger partial charge in [-0.3, -0.25) is 4.79 Å². The number of amides is 1. The average Bonchev–Trinajstić information content (AvgIpc) is 2.26. The van der Waals surface area contributed by atoms with Crippen molar-refractivity contribution >= 4 is 5.91 Å². The molecule has 0 aliphatic rings. The van der Waals surface area contributed by atoms with E-state index in [-0.39, 0.29) is 19.0 Å². The lowest BCUT2D eigenvalue weighted by molar-refractivity contribution is -0.120. The van der Waals surface area contributed by atoms with E-state index in [1.165, 1.54) is 0 Å². The molecule has 0 bridgehead atoms. The molecule has 0 spiro atoms. The predicted molar refractivity (Wildman–Crippen MR) is 53.5 cm³/mol. The summed E-state index contributed by atoms with van der Waals surface area (Å²) in [4.78, 5) is 10.8. The molecule has 1 aromatic carbocycles. The smallest absolute Gasteiger partial charge is 0.233 e. The number of benzene rings is 1. The Morgan fingerprint density at radius 3 is 2.64 bits per heavy atom. The van der Waals surface area contributed by atoms with E-state index in [1.54, 1.807) is 12.1 Å². The third-order valence-corrected chi connectivity index (χ3v) is 1.86. The summed E-state index contributed by atoms with van der Waals surface area (Å²) in [6.45, 7) is 0.140. The fourth-order valence-electron chi connectivity index (χ4n) is 1.08.